The largest absolute Gasteiger partial charge is 0.353 e. The van der Waals surface area contributed by atoms with Crippen molar-refractivity contribution in [2.24, 2.45) is 0 Å². The Labute approximate surface area is 155 Å². The fourth-order valence-corrected chi connectivity index (χ4v) is 5.55. The van der Waals surface area contributed by atoms with Crippen LogP contribution in [0.15, 0.2) is 53.5 Å². The summed E-state index contributed by atoms with van der Waals surface area (Å²) in [5, 5.41) is 11.8. The van der Waals surface area contributed by atoms with Crippen molar-refractivity contribution in [2.45, 2.75) is 37.1 Å². The van der Waals surface area contributed by atoms with Crippen LogP contribution in [0, 0.1) is 0 Å². The highest BCUT2D eigenvalue weighted by atomic mass is 32.1. The number of hydrogen-bond donors (Lipinski definition) is 1. The molecule has 1 unspecified atom stereocenters. The summed E-state index contributed by atoms with van der Waals surface area (Å²) in [5.41, 5.74) is -0.335. The first-order chi connectivity index (χ1) is 12.3. The van der Waals surface area contributed by atoms with Crippen molar-refractivity contribution >= 4 is 28.6 Å². The molecular formula is C19H21N3OS2. The number of aromatic nitrogens is 2. The molecule has 6 heteroatoms. The van der Waals surface area contributed by atoms with Crippen LogP contribution >= 0.6 is 22.7 Å². The normalized spacial score (nSPS) is 17.4. The van der Waals surface area contributed by atoms with Crippen molar-refractivity contribution in [1.29, 1.82) is 0 Å². The van der Waals surface area contributed by atoms with Crippen molar-refractivity contribution in [2.75, 3.05) is 6.54 Å². The van der Waals surface area contributed by atoms with Crippen LogP contribution in [0.5, 0.6) is 0 Å². The van der Waals surface area contributed by atoms with E-state index in [0.717, 1.165) is 25.7 Å². The average molecular weight is 372 g/mol. The molecule has 25 heavy (non-hydrogen) atoms. The second kappa shape index (κ2) is 7.14. The number of hydrogen-bond acceptors (Lipinski definition) is 4. The second-order valence-corrected chi connectivity index (χ2v) is 8.42. The van der Waals surface area contributed by atoms with Crippen LogP contribution in [-0.4, -0.2) is 22.2 Å². The van der Waals surface area contributed by atoms with Gasteiger partial charge in [-0.05, 0) is 41.8 Å². The maximum atomic E-state index is 13.2. The predicted molar refractivity (Wildman–Crippen MR) is 102 cm³/mol. The highest BCUT2D eigenvalue weighted by Gasteiger charge is 2.43. The quantitative estimate of drug-likeness (QED) is 0.705. The number of carbonyl (C=O) groups excluding carboxylic acids is 1. The zero-order chi connectivity index (χ0) is 17.1. The van der Waals surface area contributed by atoms with E-state index in [9.17, 15) is 4.79 Å². The Bertz CT molecular complexity index is 754. The molecule has 0 aromatic carbocycles. The molecule has 0 aliphatic heterocycles. The van der Waals surface area contributed by atoms with E-state index < -0.39 is 0 Å². The molecule has 1 saturated carbocycles. The molecule has 3 aromatic rings. The van der Waals surface area contributed by atoms with Gasteiger partial charge in [0.05, 0.1) is 5.41 Å². The first-order valence-electron chi connectivity index (χ1n) is 8.64. The highest BCUT2D eigenvalue weighted by Crippen LogP contribution is 2.43. The van der Waals surface area contributed by atoms with Crippen LogP contribution in [0.4, 0.5) is 0 Å². The molecule has 1 fully saturated rings. The van der Waals surface area contributed by atoms with Gasteiger partial charge in [-0.25, -0.2) is 0 Å². The monoisotopic (exact) mass is 371 g/mol. The SMILES string of the molecule is O=C(NCC(c1cccs1)n1cccn1)C1(c2cccs2)CCCC1. The maximum Gasteiger partial charge on any atom is 0.231 e. The van der Waals surface area contributed by atoms with Gasteiger partial charge in [0.1, 0.15) is 6.04 Å². The number of nitrogens with zero attached hydrogens (tertiary/aromatic N) is 2. The van der Waals surface area contributed by atoms with Gasteiger partial charge in [-0.3, -0.25) is 9.48 Å². The average Bonchev–Trinajstić information content (AvgIpc) is 3.44. The minimum Gasteiger partial charge on any atom is -0.353 e. The molecule has 1 amide bonds. The van der Waals surface area contributed by atoms with Gasteiger partial charge in [0, 0.05) is 28.7 Å². The Hall–Kier alpha value is -1.92. The summed E-state index contributed by atoms with van der Waals surface area (Å²) in [5.74, 6) is 0.168. The van der Waals surface area contributed by atoms with Gasteiger partial charge in [0.25, 0.3) is 0 Å². The fourth-order valence-electron chi connectivity index (χ4n) is 3.74. The summed E-state index contributed by atoms with van der Waals surface area (Å²) in [7, 11) is 0. The Morgan fingerprint density at radius 1 is 1.20 bits per heavy atom. The lowest BCUT2D eigenvalue weighted by molar-refractivity contribution is -0.126. The molecule has 0 spiro atoms. The van der Waals surface area contributed by atoms with Gasteiger partial charge < -0.3 is 5.32 Å². The van der Waals surface area contributed by atoms with E-state index in [0.29, 0.717) is 6.54 Å². The molecule has 130 valence electrons. The Morgan fingerprint density at radius 2 is 2.00 bits per heavy atom. The summed E-state index contributed by atoms with van der Waals surface area (Å²) in [6.07, 6.45) is 7.89. The van der Waals surface area contributed by atoms with Crippen LogP contribution in [-0.2, 0) is 10.2 Å². The minimum atomic E-state index is -0.335. The molecular weight excluding hydrogens is 350 g/mol. The molecule has 0 saturated heterocycles. The maximum absolute atomic E-state index is 13.2. The first-order valence-corrected chi connectivity index (χ1v) is 10.4. The Kier molecular flexibility index (Phi) is 4.72. The lowest BCUT2D eigenvalue weighted by Crippen LogP contribution is -2.44. The molecule has 1 atom stereocenters. The summed E-state index contributed by atoms with van der Waals surface area (Å²) < 4.78 is 1.93. The zero-order valence-electron chi connectivity index (χ0n) is 13.9. The van der Waals surface area contributed by atoms with Crippen molar-refractivity contribution in [3.05, 3.63) is 63.2 Å². The smallest absolute Gasteiger partial charge is 0.231 e. The van der Waals surface area contributed by atoms with E-state index in [2.05, 4.69) is 33.3 Å². The molecule has 3 heterocycles. The zero-order valence-corrected chi connectivity index (χ0v) is 15.6. The van der Waals surface area contributed by atoms with Gasteiger partial charge in [0.15, 0.2) is 0 Å². The third-order valence-electron chi connectivity index (χ3n) is 5.06. The van der Waals surface area contributed by atoms with Crippen molar-refractivity contribution in [3.8, 4) is 0 Å². The number of thiophene rings is 2. The minimum absolute atomic E-state index is 0.0424. The fraction of sp³-hybridized carbons (Fsp3) is 0.368. The van der Waals surface area contributed by atoms with E-state index in [-0.39, 0.29) is 17.4 Å². The van der Waals surface area contributed by atoms with E-state index in [1.807, 2.05) is 29.1 Å². The lowest BCUT2D eigenvalue weighted by atomic mass is 9.83. The van der Waals surface area contributed by atoms with Gasteiger partial charge in [0.2, 0.25) is 5.91 Å². The molecule has 4 nitrogen and oxygen atoms in total. The van der Waals surface area contributed by atoms with Gasteiger partial charge in [-0.1, -0.05) is 25.0 Å². The number of rotatable bonds is 6. The third kappa shape index (κ3) is 3.16. The van der Waals surface area contributed by atoms with E-state index in [1.165, 1.54) is 9.75 Å². The van der Waals surface area contributed by atoms with Crippen LogP contribution < -0.4 is 5.32 Å². The second-order valence-electron chi connectivity index (χ2n) is 6.49. The molecule has 0 radical (unpaired) electrons. The van der Waals surface area contributed by atoms with E-state index in [4.69, 9.17) is 0 Å². The van der Waals surface area contributed by atoms with Gasteiger partial charge >= 0.3 is 0 Å². The molecule has 3 aromatic heterocycles. The van der Waals surface area contributed by atoms with Crippen molar-refractivity contribution < 1.29 is 4.79 Å². The molecule has 1 N–H and O–H groups in total. The number of nitrogens with one attached hydrogen (secondary N) is 1. The van der Waals surface area contributed by atoms with Crippen LogP contribution in [0.1, 0.15) is 41.5 Å². The standard InChI is InChI=1S/C19H21N3OS2/c23-18(19(8-1-2-9-19)17-7-4-13-25-17)20-14-15(16-6-3-12-24-16)22-11-5-10-21-22/h3-7,10-13,15H,1-2,8-9,14H2,(H,20,23). The number of amides is 1. The summed E-state index contributed by atoms with van der Waals surface area (Å²) >= 11 is 3.40. The highest BCUT2D eigenvalue weighted by molar-refractivity contribution is 7.10. The molecule has 4 rings (SSSR count). The summed E-state index contributed by atoms with van der Waals surface area (Å²) in [6, 6.07) is 10.3. The Morgan fingerprint density at radius 3 is 2.64 bits per heavy atom. The van der Waals surface area contributed by atoms with Crippen LogP contribution in [0.2, 0.25) is 0 Å². The first kappa shape index (κ1) is 16.5. The lowest BCUT2D eigenvalue weighted by Gasteiger charge is -2.28. The third-order valence-corrected chi connectivity index (χ3v) is 7.10. The van der Waals surface area contributed by atoms with Crippen LogP contribution in [0.3, 0.4) is 0 Å². The van der Waals surface area contributed by atoms with E-state index in [1.54, 1.807) is 28.9 Å². The molecule has 1 aliphatic carbocycles. The number of carbonyl (C=O) groups is 1. The van der Waals surface area contributed by atoms with Crippen molar-refractivity contribution in [1.82, 2.24) is 15.1 Å². The Balaban J connectivity index is 1.53. The summed E-state index contributed by atoms with van der Waals surface area (Å²) in [6.45, 7) is 0.564. The topological polar surface area (TPSA) is 46.9 Å². The van der Waals surface area contributed by atoms with Crippen molar-refractivity contribution in [3.63, 3.8) is 0 Å². The summed E-state index contributed by atoms with van der Waals surface area (Å²) in [4.78, 5) is 15.6. The van der Waals surface area contributed by atoms with Gasteiger partial charge in [-0.15, -0.1) is 22.7 Å². The predicted octanol–water partition coefficient (Wildman–Crippen LogP) is 4.22. The van der Waals surface area contributed by atoms with E-state index >= 15 is 0 Å². The molecule has 1 aliphatic rings. The molecule has 0 bridgehead atoms. The van der Waals surface area contributed by atoms with Crippen LogP contribution in [0.25, 0.3) is 0 Å². The van der Waals surface area contributed by atoms with Gasteiger partial charge in [-0.2, -0.15) is 5.10 Å².